The zero-order chi connectivity index (χ0) is 13.1. The summed E-state index contributed by atoms with van der Waals surface area (Å²) in [5, 5.41) is 0. The molecule has 0 spiro atoms. The lowest BCUT2D eigenvalue weighted by atomic mass is 10.1. The molecule has 3 heteroatoms. The number of hydrogen-bond donors (Lipinski definition) is 0. The summed E-state index contributed by atoms with van der Waals surface area (Å²) in [5.41, 5.74) is 0.978. The molecule has 1 atom stereocenters. The molecule has 0 radical (unpaired) electrons. The Morgan fingerprint density at radius 3 is 2.50 bits per heavy atom. The third-order valence-electron chi connectivity index (χ3n) is 3.10. The van der Waals surface area contributed by atoms with Crippen molar-refractivity contribution in [3.63, 3.8) is 0 Å². The average Bonchev–Trinajstić information content (AvgIpc) is 2.61. The van der Waals surface area contributed by atoms with E-state index in [0.717, 1.165) is 6.42 Å². The van der Waals surface area contributed by atoms with Crippen molar-refractivity contribution in [3.05, 3.63) is 35.9 Å². The van der Waals surface area contributed by atoms with Crippen LogP contribution in [0.1, 0.15) is 32.8 Å². The van der Waals surface area contributed by atoms with Crippen LogP contribution in [-0.4, -0.2) is 24.6 Å². The fourth-order valence-electron chi connectivity index (χ4n) is 2.15. The summed E-state index contributed by atoms with van der Waals surface area (Å²) in [7, 11) is 0. The standard InChI is InChI=1S/C15H22O3/c1-14(2)17-12-15(3,18-14)9-10-16-11-13-7-5-4-6-8-13/h4-8H,9-12H2,1-3H3/t15-/m1/s1. The van der Waals surface area contributed by atoms with E-state index in [-0.39, 0.29) is 5.60 Å². The minimum absolute atomic E-state index is 0.222. The normalized spacial score (nSPS) is 26.4. The van der Waals surface area contributed by atoms with Crippen molar-refractivity contribution in [1.82, 2.24) is 0 Å². The largest absolute Gasteiger partial charge is 0.377 e. The molecular weight excluding hydrogens is 228 g/mol. The van der Waals surface area contributed by atoms with E-state index in [9.17, 15) is 0 Å². The summed E-state index contributed by atoms with van der Waals surface area (Å²) >= 11 is 0. The van der Waals surface area contributed by atoms with Crippen molar-refractivity contribution in [3.8, 4) is 0 Å². The first-order valence-electron chi connectivity index (χ1n) is 6.45. The average molecular weight is 250 g/mol. The highest BCUT2D eigenvalue weighted by atomic mass is 16.8. The number of rotatable bonds is 5. The van der Waals surface area contributed by atoms with Crippen molar-refractivity contribution >= 4 is 0 Å². The molecule has 1 aromatic rings. The Kier molecular flexibility index (Phi) is 4.05. The molecule has 2 rings (SSSR count). The van der Waals surface area contributed by atoms with Crippen LogP contribution in [0.4, 0.5) is 0 Å². The number of hydrogen-bond acceptors (Lipinski definition) is 3. The summed E-state index contributed by atoms with van der Waals surface area (Å²) < 4.78 is 17.2. The van der Waals surface area contributed by atoms with Crippen LogP contribution in [0.5, 0.6) is 0 Å². The molecule has 0 aliphatic carbocycles. The van der Waals surface area contributed by atoms with Crippen molar-refractivity contribution in [2.75, 3.05) is 13.2 Å². The SMILES string of the molecule is CC1(C)OC[C@@](C)(CCOCc2ccccc2)O1. The van der Waals surface area contributed by atoms with Gasteiger partial charge in [0.15, 0.2) is 5.79 Å². The molecule has 1 heterocycles. The summed E-state index contributed by atoms with van der Waals surface area (Å²) in [4.78, 5) is 0. The molecule has 1 aromatic carbocycles. The van der Waals surface area contributed by atoms with Crippen LogP contribution in [0.3, 0.4) is 0 Å². The highest BCUT2D eigenvalue weighted by Crippen LogP contribution is 2.32. The summed E-state index contributed by atoms with van der Waals surface area (Å²) in [6, 6.07) is 10.2. The van der Waals surface area contributed by atoms with Gasteiger partial charge in [0.2, 0.25) is 0 Å². The van der Waals surface area contributed by atoms with E-state index in [1.54, 1.807) is 0 Å². The van der Waals surface area contributed by atoms with Crippen LogP contribution >= 0.6 is 0 Å². The maximum absolute atomic E-state index is 5.89. The minimum Gasteiger partial charge on any atom is -0.377 e. The van der Waals surface area contributed by atoms with Gasteiger partial charge in [-0.2, -0.15) is 0 Å². The van der Waals surface area contributed by atoms with Gasteiger partial charge in [0.1, 0.15) is 0 Å². The van der Waals surface area contributed by atoms with Gasteiger partial charge in [-0.15, -0.1) is 0 Å². The van der Waals surface area contributed by atoms with Crippen LogP contribution in [-0.2, 0) is 20.8 Å². The topological polar surface area (TPSA) is 27.7 Å². The third kappa shape index (κ3) is 3.80. The van der Waals surface area contributed by atoms with E-state index in [0.29, 0.717) is 19.8 Å². The summed E-state index contributed by atoms with van der Waals surface area (Å²) in [6.07, 6.45) is 0.850. The lowest BCUT2D eigenvalue weighted by molar-refractivity contribution is -0.160. The second kappa shape index (κ2) is 5.39. The fourth-order valence-corrected chi connectivity index (χ4v) is 2.15. The van der Waals surface area contributed by atoms with Crippen molar-refractivity contribution in [1.29, 1.82) is 0 Å². The van der Waals surface area contributed by atoms with Crippen molar-refractivity contribution < 1.29 is 14.2 Å². The summed E-state index contributed by atoms with van der Waals surface area (Å²) in [6.45, 7) is 7.94. The lowest BCUT2D eigenvalue weighted by Crippen LogP contribution is -2.32. The molecule has 0 bridgehead atoms. The molecule has 0 amide bonds. The predicted molar refractivity (Wildman–Crippen MR) is 70.2 cm³/mol. The van der Waals surface area contributed by atoms with Gasteiger partial charge in [-0.25, -0.2) is 0 Å². The maximum atomic E-state index is 5.89. The minimum atomic E-state index is -0.464. The van der Waals surface area contributed by atoms with E-state index in [1.165, 1.54) is 5.56 Å². The Morgan fingerprint density at radius 2 is 1.89 bits per heavy atom. The van der Waals surface area contributed by atoms with Gasteiger partial charge in [-0.1, -0.05) is 30.3 Å². The van der Waals surface area contributed by atoms with Gasteiger partial charge in [0.05, 0.1) is 18.8 Å². The first kappa shape index (κ1) is 13.5. The highest BCUT2D eigenvalue weighted by Gasteiger charge is 2.41. The van der Waals surface area contributed by atoms with E-state index < -0.39 is 5.79 Å². The molecule has 1 saturated heterocycles. The van der Waals surface area contributed by atoms with Crippen LogP contribution in [0, 0.1) is 0 Å². The second-order valence-corrected chi connectivity index (χ2v) is 5.53. The van der Waals surface area contributed by atoms with E-state index in [1.807, 2.05) is 32.0 Å². The first-order chi connectivity index (χ1) is 8.49. The zero-order valence-corrected chi connectivity index (χ0v) is 11.4. The molecule has 18 heavy (non-hydrogen) atoms. The van der Waals surface area contributed by atoms with E-state index in [4.69, 9.17) is 14.2 Å². The molecule has 0 unspecified atom stereocenters. The Bertz CT molecular complexity index is 375. The third-order valence-corrected chi connectivity index (χ3v) is 3.10. The quantitative estimate of drug-likeness (QED) is 0.751. The Morgan fingerprint density at radius 1 is 1.17 bits per heavy atom. The molecule has 1 aliphatic rings. The zero-order valence-electron chi connectivity index (χ0n) is 11.4. The van der Waals surface area contributed by atoms with Crippen LogP contribution in [0.2, 0.25) is 0 Å². The Hall–Kier alpha value is -0.900. The fraction of sp³-hybridized carbons (Fsp3) is 0.600. The molecule has 0 aromatic heterocycles. The number of benzene rings is 1. The monoisotopic (exact) mass is 250 g/mol. The van der Waals surface area contributed by atoms with Crippen LogP contribution in [0.25, 0.3) is 0 Å². The smallest absolute Gasteiger partial charge is 0.163 e. The van der Waals surface area contributed by atoms with Crippen LogP contribution in [0.15, 0.2) is 30.3 Å². The van der Waals surface area contributed by atoms with Crippen LogP contribution < -0.4 is 0 Å². The molecular formula is C15H22O3. The lowest BCUT2D eigenvalue weighted by Gasteiger charge is -2.24. The van der Waals surface area contributed by atoms with Gasteiger partial charge in [0.25, 0.3) is 0 Å². The van der Waals surface area contributed by atoms with Gasteiger partial charge < -0.3 is 14.2 Å². The first-order valence-corrected chi connectivity index (χ1v) is 6.45. The predicted octanol–water partition coefficient (Wildman–Crippen LogP) is 3.13. The summed E-state index contributed by atoms with van der Waals surface area (Å²) in [5.74, 6) is -0.464. The maximum Gasteiger partial charge on any atom is 0.163 e. The molecule has 0 saturated carbocycles. The molecule has 1 aliphatic heterocycles. The Balaban J connectivity index is 1.70. The molecule has 0 N–H and O–H groups in total. The molecule has 1 fully saturated rings. The number of ether oxygens (including phenoxy) is 3. The molecule has 100 valence electrons. The van der Waals surface area contributed by atoms with Gasteiger partial charge >= 0.3 is 0 Å². The highest BCUT2D eigenvalue weighted by molar-refractivity contribution is 5.13. The van der Waals surface area contributed by atoms with Gasteiger partial charge in [-0.05, 0) is 26.3 Å². The van der Waals surface area contributed by atoms with Gasteiger partial charge in [-0.3, -0.25) is 0 Å². The van der Waals surface area contributed by atoms with E-state index >= 15 is 0 Å². The molecule has 3 nitrogen and oxygen atoms in total. The Labute approximate surface area is 109 Å². The van der Waals surface area contributed by atoms with Crippen molar-refractivity contribution in [2.45, 2.75) is 45.2 Å². The second-order valence-electron chi connectivity index (χ2n) is 5.53. The van der Waals surface area contributed by atoms with Gasteiger partial charge in [0, 0.05) is 13.0 Å². The van der Waals surface area contributed by atoms with Crippen molar-refractivity contribution in [2.24, 2.45) is 0 Å². The van der Waals surface area contributed by atoms with E-state index in [2.05, 4.69) is 19.1 Å².